The van der Waals surface area contributed by atoms with Gasteiger partial charge in [-0.3, -0.25) is 18.3 Å². The molecule has 9 nitrogen and oxygen atoms in total. The van der Waals surface area contributed by atoms with Crippen molar-refractivity contribution in [3.63, 3.8) is 0 Å². The molecule has 3 N–H and O–H groups in total. The lowest BCUT2D eigenvalue weighted by Gasteiger charge is -2.16. The molecule has 0 atom stereocenters. The molecule has 0 aliphatic carbocycles. The van der Waals surface area contributed by atoms with E-state index in [4.69, 9.17) is 0 Å². The fraction of sp³-hybridized carbons (Fsp3) is 0.500. The van der Waals surface area contributed by atoms with Gasteiger partial charge in [-0.05, 0) is 0 Å². The van der Waals surface area contributed by atoms with E-state index in [9.17, 15) is 19.8 Å². The van der Waals surface area contributed by atoms with Crippen molar-refractivity contribution in [3.05, 3.63) is 31.9 Å². The SMILES string of the molecule is Cn1c(=O)c2c(nc3scc(C[NH+](CCO)CCO)n32)n(C)c1=O. The molecule has 0 fully saturated rings. The summed E-state index contributed by atoms with van der Waals surface area (Å²) in [6.07, 6.45) is 0. The van der Waals surface area contributed by atoms with Gasteiger partial charge in [0.2, 0.25) is 0 Å². The van der Waals surface area contributed by atoms with Crippen LogP contribution in [0.4, 0.5) is 0 Å². The standard InChI is InChI=1S/C14H19N5O4S/c1-16-11-10(12(22)17(2)14(16)23)19-9(8-24-13(19)15-11)7-18(3-5-20)4-6-21/h8,20-21H,3-7H2,1-2H3/p+1. The number of aryl methyl sites for hydroxylation is 1. The molecular weight excluding hydrogens is 334 g/mol. The Hall–Kier alpha value is -2.01. The van der Waals surface area contributed by atoms with Crippen LogP contribution >= 0.6 is 11.3 Å². The lowest BCUT2D eigenvalue weighted by Crippen LogP contribution is -3.11. The highest BCUT2D eigenvalue weighted by Crippen LogP contribution is 2.20. The number of rotatable bonds is 6. The zero-order chi connectivity index (χ0) is 17.4. The smallest absolute Gasteiger partial charge is 0.332 e. The number of aliphatic hydroxyl groups is 2. The van der Waals surface area contributed by atoms with E-state index in [2.05, 4.69) is 4.98 Å². The van der Waals surface area contributed by atoms with E-state index in [1.165, 1.54) is 23.0 Å². The molecule has 0 aliphatic rings. The number of imidazole rings is 1. The Bertz CT molecular complexity index is 993. The summed E-state index contributed by atoms with van der Waals surface area (Å²) >= 11 is 1.40. The molecule has 0 saturated heterocycles. The highest BCUT2D eigenvalue weighted by molar-refractivity contribution is 7.15. The molecule has 0 spiro atoms. The van der Waals surface area contributed by atoms with Gasteiger partial charge in [-0.25, -0.2) is 9.78 Å². The Morgan fingerprint density at radius 1 is 1.17 bits per heavy atom. The van der Waals surface area contributed by atoms with Crippen molar-refractivity contribution < 1.29 is 15.1 Å². The molecule has 0 saturated carbocycles. The molecule has 130 valence electrons. The van der Waals surface area contributed by atoms with Crippen LogP contribution in [0.2, 0.25) is 0 Å². The number of aromatic nitrogens is 4. The second-order valence-corrected chi connectivity index (χ2v) is 6.55. The molecule has 0 bridgehead atoms. The minimum Gasteiger partial charge on any atom is -0.391 e. The molecular formula is C14H20N5O4S+. The zero-order valence-corrected chi connectivity index (χ0v) is 14.3. The lowest BCUT2D eigenvalue weighted by molar-refractivity contribution is -0.914. The summed E-state index contributed by atoms with van der Waals surface area (Å²) < 4.78 is 4.22. The van der Waals surface area contributed by atoms with Gasteiger partial charge in [0.05, 0.1) is 18.9 Å². The zero-order valence-electron chi connectivity index (χ0n) is 13.5. The first kappa shape index (κ1) is 16.8. The summed E-state index contributed by atoms with van der Waals surface area (Å²) in [5.41, 5.74) is 0.809. The Morgan fingerprint density at radius 3 is 2.46 bits per heavy atom. The van der Waals surface area contributed by atoms with Crippen LogP contribution in [0, 0.1) is 0 Å². The van der Waals surface area contributed by atoms with Crippen LogP contribution in [0.15, 0.2) is 15.0 Å². The summed E-state index contributed by atoms with van der Waals surface area (Å²) in [6, 6.07) is 0. The third-order valence-electron chi connectivity index (χ3n) is 4.18. The third-order valence-corrected chi connectivity index (χ3v) is 5.05. The summed E-state index contributed by atoms with van der Waals surface area (Å²) in [6.45, 7) is 1.58. The Kier molecular flexibility index (Phi) is 4.54. The number of nitrogens with one attached hydrogen (secondary N) is 1. The van der Waals surface area contributed by atoms with Gasteiger partial charge in [0.25, 0.3) is 5.56 Å². The van der Waals surface area contributed by atoms with E-state index in [1.54, 1.807) is 11.4 Å². The number of aliphatic hydroxyl groups excluding tert-OH is 2. The first-order chi connectivity index (χ1) is 11.5. The van der Waals surface area contributed by atoms with Crippen LogP contribution in [-0.2, 0) is 20.6 Å². The Morgan fingerprint density at radius 2 is 1.83 bits per heavy atom. The van der Waals surface area contributed by atoms with Crippen molar-refractivity contribution >= 4 is 27.5 Å². The van der Waals surface area contributed by atoms with E-state index in [-0.39, 0.29) is 18.8 Å². The molecule has 24 heavy (non-hydrogen) atoms. The van der Waals surface area contributed by atoms with E-state index in [1.807, 2.05) is 5.38 Å². The molecule has 0 unspecified atom stereocenters. The first-order valence-electron chi connectivity index (χ1n) is 7.59. The predicted molar refractivity (Wildman–Crippen MR) is 89.6 cm³/mol. The number of hydrogen-bond donors (Lipinski definition) is 3. The quantitative estimate of drug-likeness (QED) is 0.447. The minimum absolute atomic E-state index is 0.0174. The molecule has 0 radical (unpaired) electrons. The van der Waals surface area contributed by atoms with Crippen molar-refractivity contribution in [1.29, 1.82) is 0 Å². The molecule has 3 aromatic heterocycles. The minimum atomic E-state index is -0.410. The number of thiazole rings is 1. The van der Waals surface area contributed by atoms with Crippen molar-refractivity contribution in [2.75, 3.05) is 26.3 Å². The highest BCUT2D eigenvalue weighted by Gasteiger charge is 2.20. The molecule has 3 heterocycles. The summed E-state index contributed by atoms with van der Waals surface area (Å²) in [5.74, 6) is 0. The van der Waals surface area contributed by atoms with Gasteiger partial charge in [-0.15, -0.1) is 11.3 Å². The number of quaternary nitrogens is 1. The highest BCUT2D eigenvalue weighted by atomic mass is 32.1. The average molecular weight is 354 g/mol. The number of fused-ring (bicyclic) bond motifs is 3. The summed E-state index contributed by atoms with van der Waals surface area (Å²) in [7, 11) is 3.04. The molecule has 0 aliphatic heterocycles. The monoisotopic (exact) mass is 354 g/mol. The van der Waals surface area contributed by atoms with Gasteiger partial charge >= 0.3 is 5.69 Å². The molecule has 3 aromatic rings. The summed E-state index contributed by atoms with van der Waals surface area (Å²) in [4.78, 5) is 30.7. The van der Waals surface area contributed by atoms with Crippen LogP contribution < -0.4 is 16.1 Å². The van der Waals surface area contributed by atoms with E-state index in [0.29, 0.717) is 35.8 Å². The molecule has 0 amide bonds. The van der Waals surface area contributed by atoms with E-state index >= 15 is 0 Å². The van der Waals surface area contributed by atoms with Crippen molar-refractivity contribution in [2.24, 2.45) is 14.1 Å². The molecule has 10 heteroatoms. The van der Waals surface area contributed by atoms with Crippen molar-refractivity contribution in [3.8, 4) is 0 Å². The largest absolute Gasteiger partial charge is 0.391 e. The normalized spacial score (nSPS) is 12.0. The van der Waals surface area contributed by atoms with Crippen LogP contribution in [0.5, 0.6) is 0 Å². The molecule has 3 rings (SSSR count). The fourth-order valence-electron chi connectivity index (χ4n) is 2.89. The van der Waals surface area contributed by atoms with Gasteiger partial charge in [-0.1, -0.05) is 0 Å². The van der Waals surface area contributed by atoms with Gasteiger partial charge in [0.15, 0.2) is 16.1 Å². The Labute approximate surface area is 140 Å². The van der Waals surface area contributed by atoms with Gasteiger partial charge in [0, 0.05) is 19.5 Å². The maximum Gasteiger partial charge on any atom is 0.332 e. The van der Waals surface area contributed by atoms with Gasteiger partial charge in [0.1, 0.15) is 19.6 Å². The first-order valence-corrected chi connectivity index (χ1v) is 8.47. The Balaban J connectivity index is 2.21. The van der Waals surface area contributed by atoms with Gasteiger partial charge < -0.3 is 15.1 Å². The maximum atomic E-state index is 12.6. The van der Waals surface area contributed by atoms with E-state index < -0.39 is 5.69 Å². The number of hydrogen-bond acceptors (Lipinski definition) is 6. The van der Waals surface area contributed by atoms with Crippen LogP contribution in [-0.4, -0.2) is 55.0 Å². The average Bonchev–Trinajstić information content (AvgIpc) is 3.11. The lowest BCUT2D eigenvalue weighted by atomic mass is 10.4. The summed E-state index contributed by atoms with van der Waals surface area (Å²) in [5, 5.41) is 20.3. The van der Waals surface area contributed by atoms with Crippen LogP contribution in [0.1, 0.15) is 5.69 Å². The van der Waals surface area contributed by atoms with Crippen LogP contribution in [0.3, 0.4) is 0 Å². The van der Waals surface area contributed by atoms with Crippen LogP contribution in [0.25, 0.3) is 16.1 Å². The topological polar surface area (TPSA) is 106 Å². The maximum absolute atomic E-state index is 12.6. The predicted octanol–water partition coefficient (Wildman–Crippen LogP) is -2.68. The van der Waals surface area contributed by atoms with Crippen molar-refractivity contribution in [2.45, 2.75) is 6.54 Å². The second-order valence-electron chi connectivity index (χ2n) is 5.71. The molecule has 0 aromatic carbocycles. The number of nitrogens with zero attached hydrogens (tertiary/aromatic N) is 4. The van der Waals surface area contributed by atoms with E-state index in [0.717, 1.165) is 15.2 Å². The fourth-order valence-corrected chi connectivity index (χ4v) is 3.77. The van der Waals surface area contributed by atoms with Gasteiger partial charge in [-0.2, -0.15) is 0 Å². The third kappa shape index (κ3) is 2.57. The second kappa shape index (κ2) is 6.48. The van der Waals surface area contributed by atoms with Crippen molar-refractivity contribution in [1.82, 2.24) is 18.5 Å².